The predicted octanol–water partition coefficient (Wildman–Crippen LogP) is 3.02. The lowest BCUT2D eigenvalue weighted by molar-refractivity contribution is -0.143. The van der Waals surface area contributed by atoms with Crippen LogP contribution in [0.15, 0.2) is 24.3 Å². The van der Waals surface area contributed by atoms with Crippen molar-refractivity contribution in [3.8, 4) is 0 Å². The molecule has 0 bridgehead atoms. The zero-order valence-corrected chi connectivity index (χ0v) is 17.8. The minimum absolute atomic E-state index is 0.0158. The van der Waals surface area contributed by atoms with E-state index in [0.29, 0.717) is 31.3 Å². The molecule has 0 saturated carbocycles. The van der Waals surface area contributed by atoms with E-state index in [1.54, 1.807) is 6.92 Å². The summed E-state index contributed by atoms with van der Waals surface area (Å²) in [6.45, 7) is 10.4. The second-order valence-corrected chi connectivity index (χ2v) is 7.29. The average Bonchev–Trinajstić information content (AvgIpc) is 3.17. The van der Waals surface area contributed by atoms with E-state index >= 15 is 0 Å². The van der Waals surface area contributed by atoms with Gasteiger partial charge < -0.3 is 14.5 Å². The topological polar surface area (TPSA) is 53.1 Å². The van der Waals surface area contributed by atoms with E-state index in [9.17, 15) is 9.59 Å². The second-order valence-electron chi connectivity index (χ2n) is 7.29. The Bertz CT molecular complexity index is 632. The molecular formula is C22H35N3O3. The molecule has 156 valence electrons. The standard InChI is InChI=1S/C22H35N3O3/c1-5-23(4)19-12-10-18(11-13-19)22(27)25(16-14-21(26)28-7-3)17-20-9-8-15-24(20)6-2/h10-13,20H,5-9,14-17H2,1-4H3. The quantitative estimate of drug-likeness (QED) is 0.576. The van der Waals surface area contributed by atoms with E-state index in [0.717, 1.165) is 38.2 Å². The summed E-state index contributed by atoms with van der Waals surface area (Å²) < 4.78 is 5.05. The summed E-state index contributed by atoms with van der Waals surface area (Å²) in [6.07, 6.45) is 2.49. The van der Waals surface area contributed by atoms with Gasteiger partial charge in [-0.2, -0.15) is 0 Å². The van der Waals surface area contributed by atoms with Gasteiger partial charge in [0.2, 0.25) is 0 Å². The molecule has 28 heavy (non-hydrogen) atoms. The fourth-order valence-corrected chi connectivity index (χ4v) is 3.73. The van der Waals surface area contributed by atoms with Crippen LogP contribution in [-0.4, -0.2) is 74.1 Å². The molecule has 0 spiro atoms. The SMILES string of the molecule is CCOC(=O)CCN(CC1CCCN1CC)C(=O)c1ccc(N(C)CC)cc1. The molecule has 1 aromatic rings. The maximum Gasteiger partial charge on any atom is 0.307 e. The summed E-state index contributed by atoms with van der Waals surface area (Å²) in [5, 5.41) is 0. The third kappa shape index (κ3) is 5.96. The molecule has 2 rings (SSSR count). The fraction of sp³-hybridized carbons (Fsp3) is 0.636. The van der Waals surface area contributed by atoms with Crippen LogP contribution in [0, 0.1) is 0 Å². The largest absolute Gasteiger partial charge is 0.466 e. The van der Waals surface area contributed by atoms with E-state index < -0.39 is 0 Å². The Hall–Kier alpha value is -2.08. The lowest BCUT2D eigenvalue weighted by Crippen LogP contribution is -2.44. The number of benzene rings is 1. The number of ether oxygens (including phenoxy) is 1. The van der Waals surface area contributed by atoms with Crippen molar-refractivity contribution in [1.29, 1.82) is 0 Å². The zero-order chi connectivity index (χ0) is 20.5. The first-order valence-corrected chi connectivity index (χ1v) is 10.5. The van der Waals surface area contributed by atoms with Gasteiger partial charge in [-0.05, 0) is 64.0 Å². The van der Waals surface area contributed by atoms with E-state index in [-0.39, 0.29) is 18.3 Å². The lowest BCUT2D eigenvalue weighted by atomic mass is 10.1. The molecule has 0 aromatic heterocycles. The molecule has 6 heteroatoms. The van der Waals surface area contributed by atoms with Gasteiger partial charge in [0.1, 0.15) is 0 Å². The summed E-state index contributed by atoms with van der Waals surface area (Å²) in [5.74, 6) is -0.267. The highest BCUT2D eigenvalue weighted by molar-refractivity contribution is 5.94. The molecule has 1 unspecified atom stereocenters. The summed E-state index contributed by atoms with van der Waals surface area (Å²) in [4.78, 5) is 31.4. The first-order valence-electron chi connectivity index (χ1n) is 10.5. The lowest BCUT2D eigenvalue weighted by Gasteiger charge is -2.30. The van der Waals surface area contributed by atoms with Gasteiger partial charge in [0.15, 0.2) is 0 Å². The molecule has 1 aromatic carbocycles. The van der Waals surface area contributed by atoms with E-state index in [1.807, 2.05) is 36.2 Å². The Morgan fingerprint density at radius 2 is 1.89 bits per heavy atom. The van der Waals surface area contributed by atoms with Crippen molar-refractivity contribution in [2.75, 3.05) is 51.3 Å². The maximum absolute atomic E-state index is 13.2. The van der Waals surface area contributed by atoms with Gasteiger partial charge in [-0.3, -0.25) is 14.5 Å². The van der Waals surface area contributed by atoms with Crippen LogP contribution in [0.2, 0.25) is 0 Å². The Morgan fingerprint density at radius 1 is 1.18 bits per heavy atom. The number of hydrogen-bond donors (Lipinski definition) is 0. The number of carbonyl (C=O) groups excluding carboxylic acids is 2. The monoisotopic (exact) mass is 389 g/mol. The van der Waals surface area contributed by atoms with Gasteiger partial charge in [0.05, 0.1) is 13.0 Å². The van der Waals surface area contributed by atoms with Crippen molar-refractivity contribution in [2.45, 2.75) is 46.1 Å². The number of nitrogens with zero attached hydrogens (tertiary/aromatic N) is 3. The number of amides is 1. The molecular weight excluding hydrogens is 354 g/mol. The summed E-state index contributed by atoms with van der Waals surface area (Å²) in [7, 11) is 2.03. The zero-order valence-electron chi connectivity index (χ0n) is 17.8. The van der Waals surface area contributed by atoms with E-state index in [4.69, 9.17) is 4.74 Å². The highest BCUT2D eigenvalue weighted by Gasteiger charge is 2.28. The number of esters is 1. The molecule has 0 N–H and O–H groups in total. The smallest absolute Gasteiger partial charge is 0.307 e. The summed E-state index contributed by atoms with van der Waals surface area (Å²) in [5.41, 5.74) is 1.75. The highest BCUT2D eigenvalue weighted by Crippen LogP contribution is 2.20. The van der Waals surface area contributed by atoms with Crippen molar-refractivity contribution < 1.29 is 14.3 Å². The van der Waals surface area contributed by atoms with Gasteiger partial charge in [0, 0.05) is 44.0 Å². The molecule has 6 nitrogen and oxygen atoms in total. The van der Waals surface area contributed by atoms with Crippen molar-refractivity contribution >= 4 is 17.6 Å². The number of likely N-dealkylation sites (N-methyl/N-ethyl adjacent to an activating group) is 1. The number of carbonyl (C=O) groups is 2. The van der Waals surface area contributed by atoms with Crippen LogP contribution in [-0.2, 0) is 9.53 Å². The second kappa shape index (κ2) is 11.1. The van der Waals surface area contributed by atoms with Gasteiger partial charge in [0.25, 0.3) is 5.91 Å². The fourth-order valence-electron chi connectivity index (χ4n) is 3.73. The van der Waals surface area contributed by atoms with E-state index in [2.05, 4.69) is 23.6 Å². The molecule has 1 aliphatic heterocycles. The van der Waals surface area contributed by atoms with Crippen LogP contribution in [0.5, 0.6) is 0 Å². The molecule has 0 radical (unpaired) electrons. The third-order valence-corrected chi connectivity index (χ3v) is 5.54. The van der Waals surface area contributed by atoms with Crippen LogP contribution < -0.4 is 4.90 Å². The Morgan fingerprint density at radius 3 is 2.50 bits per heavy atom. The number of anilines is 1. The minimum atomic E-state index is -0.251. The molecule has 0 aliphatic carbocycles. The maximum atomic E-state index is 13.2. The third-order valence-electron chi connectivity index (χ3n) is 5.54. The van der Waals surface area contributed by atoms with Crippen LogP contribution in [0.1, 0.15) is 50.4 Å². The number of rotatable bonds is 10. The molecule has 1 heterocycles. The van der Waals surface area contributed by atoms with Crippen LogP contribution >= 0.6 is 0 Å². The Balaban J connectivity index is 2.11. The first kappa shape index (κ1) is 22.2. The van der Waals surface area contributed by atoms with Gasteiger partial charge in [-0.15, -0.1) is 0 Å². The Labute approximate surface area is 169 Å². The van der Waals surface area contributed by atoms with Crippen LogP contribution in [0.4, 0.5) is 5.69 Å². The number of likely N-dealkylation sites (tertiary alicyclic amines) is 1. The van der Waals surface area contributed by atoms with Crippen molar-refractivity contribution in [3.05, 3.63) is 29.8 Å². The molecule has 1 saturated heterocycles. The van der Waals surface area contributed by atoms with Crippen molar-refractivity contribution in [2.24, 2.45) is 0 Å². The molecule has 1 fully saturated rings. The Kier molecular flexibility index (Phi) is 8.77. The summed E-state index contributed by atoms with van der Waals surface area (Å²) >= 11 is 0. The van der Waals surface area contributed by atoms with Gasteiger partial charge in [-0.25, -0.2) is 0 Å². The highest BCUT2D eigenvalue weighted by atomic mass is 16.5. The summed E-state index contributed by atoms with van der Waals surface area (Å²) in [6, 6.07) is 8.09. The first-order chi connectivity index (χ1) is 13.5. The molecule has 1 atom stereocenters. The van der Waals surface area contributed by atoms with Crippen molar-refractivity contribution in [3.63, 3.8) is 0 Å². The van der Waals surface area contributed by atoms with Gasteiger partial charge >= 0.3 is 5.97 Å². The predicted molar refractivity (Wildman–Crippen MR) is 113 cm³/mol. The van der Waals surface area contributed by atoms with Crippen LogP contribution in [0.3, 0.4) is 0 Å². The van der Waals surface area contributed by atoms with Gasteiger partial charge in [-0.1, -0.05) is 6.92 Å². The molecule has 1 amide bonds. The normalized spacial score (nSPS) is 16.8. The van der Waals surface area contributed by atoms with Crippen LogP contribution in [0.25, 0.3) is 0 Å². The molecule has 1 aliphatic rings. The average molecular weight is 390 g/mol. The minimum Gasteiger partial charge on any atom is -0.466 e. The van der Waals surface area contributed by atoms with Crippen molar-refractivity contribution in [1.82, 2.24) is 9.80 Å². The number of hydrogen-bond acceptors (Lipinski definition) is 5. The van der Waals surface area contributed by atoms with E-state index in [1.165, 1.54) is 0 Å².